The molecule has 2 rings (SSSR count). The van der Waals surface area contributed by atoms with Crippen LogP contribution in [0.25, 0.3) is 0 Å². The molecule has 0 aromatic heterocycles. The van der Waals surface area contributed by atoms with Crippen LogP contribution in [-0.4, -0.2) is 56.1 Å². The lowest BCUT2D eigenvalue weighted by Gasteiger charge is -2.26. The highest BCUT2D eigenvalue weighted by Gasteiger charge is 2.17. The van der Waals surface area contributed by atoms with Crippen molar-refractivity contribution in [3.05, 3.63) is 35.4 Å². The highest BCUT2D eigenvalue weighted by atomic mass is 16.5. The molecule has 0 aliphatic carbocycles. The van der Waals surface area contributed by atoms with Gasteiger partial charge in [0.1, 0.15) is 0 Å². The Morgan fingerprint density at radius 1 is 1.21 bits per heavy atom. The largest absolute Gasteiger partial charge is 0.379 e. The molecule has 2 amide bonds. The van der Waals surface area contributed by atoms with E-state index in [1.807, 2.05) is 31.2 Å². The third kappa shape index (κ3) is 6.29. The summed E-state index contributed by atoms with van der Waals surface area (Å²) >= 11 is 0. The van der Waals surface area contributed by atoms with Gasteiger partial charge in [0.05, 0.1) is 25.7 Å². The lowest BCUT2D eigenvalue weighted by atomic mass is 10.0. The number of amides is 2. The Balaban J connectivity index is 1.82. The molecule has 6 heteroatoms. The Labute approximate surface area is 143 Å². The first kappa shape index (κ1) is 18.4. The molecule has 1 aliphatic rings. The highest BCUT2D eigenvalue weighted by Crippen LogP contribution is 2.17. The molecule has 132 valence electrons. The number of morpholine rings is 1. The van der Waals surface area contributed by atoms with Gasteiger partial charge in [0.2, 0.25) is 11.8 Å². The van der Waals surface area contributed by atoms with E-state index in [1.165, 1.54) is 6.92 Å². The van der Waals surface area contributed by atoms with Crippen molar-refractivity contribution in [2.45, 2.75) is 26.3 Å². The van der Waals surface area contributed by atoms with Crippen LogP contribution < -0.4 is 10.6 Å². The van der Waals surface area contributed by atoms with Gasteiger partial charge >= 0.3 is 0 Å². The first-order valence-corrected chi connectivity index (χ1v) is 8.45. The van der Waals surface area contributed by atoms with Gasteiger partial charge in [-0.25, -0.2) is 0 Å². The lowest BCUT2D eigenvalue weighted by Crippen LogP contribution is -2.42. The molecule has 1 fully saturated rings. The van der Waals surface area contributed by atoms with Crippen LogP contribution in [0.5, 0.6) is 0 Å². The monoisotopic (exact) mass is 333 g/mol. The van der Waals surface area contributed by atoms with E-state index >= 15 is 0 Å². The highest BCUT2D eigenvalue weighted by molar-refractivity contribution is 5.79. The minimum absolute atomic E-state index is 0.0532. The van der Waals surface area contributed by atoms with E-state index in [4.69, 9.17) is 4.74 Å². The summed E-state index contributed by atoms with van der Waals surface area (Å²) in [5.74, 6) is -0.190. The van der Waals surface area contributed by atoms with Crippen LogP contribution in [0, 0.1) is 6.92 Å². The summed E-state index contributed by atoms with van der Waals surface area (Å²) < 4.78 is 5.30. The molecule has 1 aromatic rings. The maximum atomic E-state index is 12.2. The van der Waals surface area contributed by atoms with E-state index < -0.39 is 0 Å². The number of nitrogens with one attached hydrogen (secondary N) is 2. The van der Waals surface area contributed by atoms with Crippen LogP contribution in [0.15, 0.2) is 24.3 Å². The zero-order valence-corrected chi connectivity index (χ0v) is 14.5. The molecule has 0 spiro atoms. The van der Waals surface area contributed by atoms with Gasteiger partial charge in [0.15, 0.2) is 0 Å². The molecule has 1 saturated heterocycles. The molecular weight excluding hydrogens is 306 g/mol. The predicted octanol–water partition coefficient (Wildman–Crippen LogP) is 1.01. The number of hydrogen-bond donors (Lipinski definition) is 2. The Kier molecular flexibility index (Phi) is 7.21. The molecule has 1 unspecified atom stereocenters. The minimum Gasteiger partial charge on any atom is -0.379 e. The summed E-state index contributed by atoms with van der Waals surface area (Å²) in [5.41, 5.74) is 2.09. The molecule has 0 radical (unpaired) electrons. The summed E-state index contributed by atoms with van der Waals surface area (Å²) in [6.07, 6.45) is 0.242. The van der Waals surface area contributed by atoms with Crippen molar-refractivity contribution >= 4 is 11.8 Å². The summed E-state index contributed by atoms with van der Waals surface area (Å²) in [7, 11) is 0. The van der Waals surface area contributed by atoms with E-state index in [0.29, 0.717) is 6.54 Å². The van der Waals surface area contributed by atoms with Gasteiger partial charge < -0.3 is 15.4 Å². The summed E-state index contributed by atoms with van der Waals surface area (Å²) in [5, 5.41) is 5.80. The number of aryl methyl sites for hydroxylation is 1. The number of hydrogen-bond acceptors (Lipinski definition) is 4. The molecule has 1 heterocycles. The molecule has 6 nitrogen and oxygen atoms in total. The van der Waals surface area contributed by atoms with E-state index in [0.717, 1.165) is 44.0 Å². The fourth-order valence-electron chi connectivity index (χ4n) is 2.73. The average molecular weight is 333 g/mol. The first-order chi connectivity index (χ1) is 11.5. The van der Waals surface area contributed by atoms with Crippen molar-refractivity contribution in [1.82, 2.24) is 15.5 Å². The standard InChI is InChI=1S/C18H27N3O3/c1-14-3-5-16(6-4-14)17(20-15(2)22)13-18(23)19-7-8-21-9-11-24-12-10-21/h3-6,17H,7-13H2,1-2H3,(H,19,23)(H,20,22). The fraction of sp³-hybridized carbons (Fsp3) is 0.556. The summed E-state index contributed by atoms with van der Waals surface area (Å²) in [6.45, 7) is 8.25. The number of ether oxygens (including phenoxy) is 1. The fourth-order valence-corrected chi connectivity index (χ4v) is 2.73. The topological polar surface area (TPSA) is 70.7 Å². The number of nitrogens with zero attached hydrogens (tertiary/aromatic N) is 1. The number of carbonyl (C=O) groups excluding carboxylic acids is 2. The summed E-state index contributed by atoms with van der Waals surface area (Å²) in [6, 6.07) is 7.58. The summed E-state index contributed by atoms with van der Waals surface area (Å²) in [4.78, 5) is 25.9. The molecule has 1 atom stereocenters. The Bertz CT molecular complexity index is 539. The third-order valence-corrected chi connectivity index (χ3v) is 4.10. The number of carbonyl (C=O) groups is 2. The van der Waals surface area contributed by atoms with Crippen LogP contribution in [0.3, 0.4) is 0 Å². The molecule has 2 N–H and O–H groups in total. The lowest BCUT2D eigenvalue weighted by molar-refractivity contribution is -0.122. The van der Waals surface area contributed by atoms with E-state index in [1.54, 1.807) is 0 Å². The molecule has 0 bridgehead atoms. The molecule has 1 aromatic carbocycles. The van der Waals surface area contributed by atoms with Crippen molar-refractivity contribution in [1.29, 1.82) is 0 Å². The second-order valence-corrected chi connectivity index (χ2v) is 6.17. The predicted molar refractivity (Wildman–Crippen MR) is 92.6 cm³/mol. The first-order valence-electron chi connectivity index (χ1n) is 8.45. The van der Waals surface area contributed by atoms with Crippen LogP contribution in [0.1, 0.15) is 30.5 Å². The smallest absolute Gasteiger partial charge is 0.222 e. The van der Waals surface area contributed by atoms with Gasteiger partial charge in [-0.1, -0.05) is 29.8 Å². The zero-order valence-electron chi connectivity index (χ0n) is 14.5. The van der Waals surface area contributed by atoms with Crippen LogP contribution in [0.4, 0.5) is 0 Å². The van der Waals surface area contributed by atoms with E-state index in [2.05, 4.69) is 15.5 Å². The maximum Gasteiger partial charge on any atom is 0.222 e. The van der Waals surface area contributed by atoms with Crippen molar-refractivity contribution in [2.75, 3.05) is 39.4 Å². The van der Waals surface area contributed by atoms with Crippen molar-refractivity contribution < 1.29 is 14.3 Å². The molecular formula is C18H27N3O3. The molecule has 1 aliphatic heterocycles. The van der Waals surface area contributed by atoms with Gasteiger partial charge in [-0.15, -0.1) is 0 Å². The van der Waals surface area contributed by atoms with Gasteiger partial charge in [-0.3, -0.25) is 14.5 Å². The maximum absolute atomic E-state index is 12.2. The number of rotatable bonds is 7. The van der Waals surface area contributed by atoms with Gasteiger partial charge in [-0.05, 0) is 12.5 Å². The van der Waals surface area contributed by atoms with Gasteiger partial charge in [-0.2, -0.15) is 0 Å². The SMILES string of the molecule is CC(=O)NC(CC(=O)NCCN1CCOCC1)c1ccc(C)cc1. The van der Waals surface area contributed by atoms with Crippen LogP contribution in [-0.2, 0) is 14.3 Å². The van der Waals surface area contributed by atoms with Crippen molar-refractivity contribution in [3.8, 4) is 0 Å². The van der Waals surface area contributed by atoms with Gasteiger partial charge in [0, 0.05) is 33.1 Å². The molecule has 24 heavy (non-hydrogen) atoms. The minimum atomic E-state index is -0.300. The van der Waals surface area contributed by atoms with Crippen LogP contribution in [0.2, 0.25) is 0 Å². The average Bonchev–Trinajstić information content (AvgIpc) is 2.55. The van der Waals surface area contributed by atoms with Crippen molar-refractivity contribution in [2.24, 2.45) is 0 Å². The van der Waals surface area contributed by atoms with Crippen molar-refractivity contribution in [3.63, 3.8) is 0 Å². The third-order valence-electron chi connectivity index (χ3n) is 4.10. The second kappa shape index (κ2) is 9.39. The Morgan fingerprint density at radius 3 is 2.50 bits per heavy atom. The van der Waals surface area contributed by atoms with Gasteiger partial charge in [0.25, 0.3) is 0 Å². The second-order valence-electron chi connectivity index (χ2n) is 6.17. The quantitative estimate of drug-likeness (QED) is 0.781. The zero-order chi connectivity index (χ0) is 17.4. The van der Waals surface area contributed by atoms with E-state index in [9.17, 15) is 9.59 Å². The Morgan fingerprint density at radius 2 is 1.88 bits per heavy atom. The normalized spacial score (nSPS) is 16.4. The molecule has 0 saturated carbocycles. The van der Waals surface area contributed by atoms with Crippen LogP contribution >= 0.6 is 0 Å². The number of benzene rings is 1. The Hall–Kier alpha value is -1.92. The van der Waals surface area contributed by atoms with E-state index in [-0.39, 0.29) is 24.3 Å².